The van der Waals surface area contributed by atoms with E-state index in [1.807, 2.05) is 45.1 Å². The molecule has 1 saturated heterocycles. The van der Waals surface area contributed by atoms with Gasteiger partial charge in [-0.2, -0.15) is 5.26 Å². The number of ether oxygens (including phenoxy) is 2. The molecule has 1 heterocycles. The Morgan fingerprint density at radius 2 is 1.43 bits per heavy atom. The molecule has 0 N–H and O–H groups in total. The van der Waals surface area contributed by atoms with Crippen LogP contribution in [0.15, 0.2) is 36.5 Å². The maximum atomic E-state index is 8.26. The Kier molecular flexibility index (Phi) is 26.0. The predicted octanol–water partition coefficient (Wildman–Crippen LogP) is 2.60. The number of hydrogen-bond donors (Lipinski definition) is 0. The maximum absolute atomic E-state index is 8.26. The zero-order chi connectivity index (χ0) is 18.0. The van der Waals surface area contributed by atoms with E-state index in [1.165, 1.54) is 6.08 Å². The van der Waals surface area contributed by atoms with Crippen molar-refractivity contribution >= 4 is 0 Å². The van der Waals surface area contributed by atoms with Crippen LogP contribution < -0.4 is 0 Å². The first-order valence-corrected chi connectivity index (χ1v) is 5.91. The molecule has 0 aliphatic carbocycles. The van der Waals surface area contributed by atoms with E-state index in [4.69, 9.17) is 28.7 Å². The second-order valence-corrected chi connectivity index (χ2v) is 4.06. The Morgan fingerprint density at radius 3 is 1.83 bits per heavy atom. The van der Waals surface area contributed by atoms with Crippen LogP contribution in [0.4, 0.5) is 0 Å². The van der Waals surface area contributed by atoms with Crippen LogP contribution in [0.2, 0.25) is 0 Å². The van der Waals surface area contributed by atoms with Crippen molar-refractivity contribution in [3.05, 3.63) is 56.4 Å². The van der Waals surface area contributed by atoms with Crippen molar-refractivity contribution in [2.24, 2.45) is 0 Å². The Hall–Kier alpha value is -1.63. The number of allylic oxidation sites excluding steroid dienone is 5. The smallest absolute Gasteiger partial charge is 0 e. The molecular formula is C16H17FeNO5. The van der Waals surface area contributed by atoms with Crippen LogP contribution in [0.25, 0.3) is 0 Å². The summed E-state index contributed by atoms with van der Waals surface area (Å²) in [5, 5.41) is 8.26. The van der Waals surface area contributed by atoms with E-state index in [-0.39, 0.29) is 29.3 Å². The molecule has 7 heteroatoms. The molecule has 0 saturated carbocycles. The van der Waals surface area contributed by atoms with Gasteiger partial charge in [-0.15, -0.1) is 0 Å². The van der Waals surface area contributed by atoms with E-state index in [0.29, 0.717) is 0 Å². The van der Waals surface area contributed by atoms with E-state index in [2.05, 4.69) is 20.0 Å². The fourth-order valence-electron chi connectivity index (χ4n) is 1.56. The fourth-order valence-corrected chi connectivity index (χ4v) is 1.56. The minimum atomic E-state index is -0.501. The summed E-state index contributed by atoms with van der Waals surface area (Å²) in [6, 6.07) is 1.92. The Labute approximate surface area is 147 Å². The first kappa shape index (κ1) is 29.4. The van der Waals surface area contributed by atoms with Crippen LogP contribution >= 0.6 is 0 Å². The Morgan fingerprint density at radius 1 is 0.957 bits per heavy atom. The van der Waals surface area contributed by atoms with Gasteiger partial charge in [0.15, 0.2) is 5.79 Å². The van der Waals surface area contributed by atoms with Crippen molar-refractivity contribution in [1.82, 2.24) is 0 Å². The molecule has 1 aliphatic rings. The third-order valence-electron chi connectivity index (χ3n) is 2.16. The van der Waals surface area contributed by atoms with Gasteiger partial charge >= 0.3 is 33.9 Å². The van der Waals surface area contributed by atoms with Gasteiger partial charge in [-0.25, -0.2) is 0 Å². The monoisotopic (exact) mass is 359 g/mol. The van der Waals surface area contributed by atoms with Crippen LogP contribution in [-0.4, -0.2) is 18.0 Å². The maximum Gasteiger partial charge on any atom is 0 e. The standard InChI is InChI=1S/C13H17NO2.3CO.Fe/c1-11-12(16-13(2,3)15-11)9-7-5-4-6-8-10-14;3*1-2;/h4-9,11-12H,1-3H3;;;;/b5-4+,8-6+,9-7+;;;;/t11-,12+;;;;/m1..../s1. The van der Waals surface area contributed by atoms with E-state index in [9.17, 15) is 0 Å². The van der Waals surface area contributed by atoms with Crippen LogP contribution in [0, 0.1) is 31.3 Å². The Bertz CT molecular complexity index is 455. The van der Waals surface area contributed by atoms with Gasteiger partial charge in [-0.05, 0) is 20.8 Å². The van der Waals surface area contributed by atoms with Gasteiger partial charge < -0.3 is 9.47 Å². The topological polar surface area (TPSA) is 102 Å². The summed E-state index contributed by atoms with van der Waals surface area (Å²) in [6.07, 6.45) is 10.7. The summed E-state index contributed by atoms with van der Waals surface area (Å²) < 4.78 is 33.8. The van der Waals surface area contributed by atoms with Crippen LogP contribution in [0.1, 0.15) is 20.8 Å². The first-order chi connectivity index (χ1) is 10.5. The van der Waals surface area contributed by atoms with E-state index in [0.717, 1.165) is 0 Å². The summed E-state index contributed by atoms with van der Waals surface area (Å²) in [7, 11) is 0. The molecule has 0 aromatic heterocycles. The van der Waals surface area contributed by atoms with Gasteiger partial charge in [-0.1, -0.05) is 30.4 Å². The quantitative estimate of drug-likeness (QED) is 0.254. The molecule has 0 amide bonds. The van der Waals surface area contributed by atoms with Crippen molar-refractivity contribution in [2.75, 3.05) is 0 Å². The third kappa shape index (κ3) is 16.6. The van der Waals surface area contributed by atoms with Crippen molar-refractivity contribution in [3.63, 3.8) is 0 Å². The van der Waals surface area contributed by atoms with Crippen molar-refractivity contribution in [1.29, 1.82) is 5.26 Å². The SMILES string of the molecule is C[C@H]1OC(C)(C)O[C@H]1/C=C/C=C/C=C/C#N.[C-]#[O+].[C-]#[O+].[C-]#[O+].[Fe]. The molecule has 124 valence electrons. The van der Waals surface area contributed by atoms with E-state index < -0.39 is 5.79 Å². The second-order valence-electron chi connectivity index (χ2n) is 4.06. The van der Waals surface area contributed by atoms with Crippen molar-refractivity contribution < 1.29 is 40.5 Å². The van der Waals surface area contributed by atoms with Crippen LogP contribution in [-0.2, 0) is 40.5 Å². The largest absolute Gasteiger partial charge is 0 e. The van der Waals surface area contributed by atoms with Crippen LogP contribution in [0.3, 0.4) is 0 Å². The average molecular weight is 359 g/mol. The van der Waals surface area contributed by atoms with Gasteiger partial charge in [-0.3, -0.25) is 0 Å². The molecule has 1 fully saturated rings. The summed E-state index contributed by atoms with van der Waals surface area (Å²) >= 11 is 0. The molecule has 0 spiro atoms. The van der Waals surface area contributed by atoms with E-state index in [1.54, 1.807) is 12.2 Å². The normalized spacial score (nSPS) is 20.7. The average Bonchev–Trinajstić information content (AvgIpc) is 2.81. The minimum absolute atomic E-state index is 0. The third-order valence-corrected chi connectivity index (χ3v) is 2.16. The number of rotatable bonds is 3. The van der Waals surface area contributed by atoms with Gasteiger partial charge in [0.2, 0.25) is 0 Å². The molecule has 6 nitrogen and oxygen atoms in total. The molecule has 0 aromatic rings. The number of hydrogen-bond acceptors (Lipinski definition) is 3. The number of nitriles is 1. The summed E-state index contributed by atoms with van der Waals surface area (Å²) in [6.45, 7) is 19.3. The molecule has 23 heavy (non-hydrogen) atoms. The molecule has 1 aliphatic heterocycles. The molecule has 0 radical (unpaired) electrons. The molecule has 1 rings (SSSR count). The molecule has 0 bridgehead atoms. The molecule has 0 unspecified atom stereocenters. The van der Waals surface area contributed by atoms with Crippen molar-refractivity contribution in [3.8, 4) is 6.07 Å². The van der Waals surface area contributed by atoms with E-state index >= 15 is 0 Å². The predicted molar refractivity (Wildman–Crippen MR) is 74.3 cm³/mol. The summed E-state index contributed by atoms with van der Waals surface area (Å²) in [5.41, 5.74) is 0. The van der Waals surface area contributed by atoms with Crippen molar-refractivity contribution in [2.45, 2.75) is 38.8 Å². The van der Waals surface area contributed by atoms with Gasteiger partial charge in [0.25, 0.3) is 0 Å². The summed E-state index contributed by atoms with van der Waals surface area (Å²) in [4.78, 5) is 0. The number of nitrogens with zero attached hydrogens (tertiary/aromatic N) is 1. The van der Waals surface area contributed by atoms with Gasteiger partial charge in [0.1, 0.15) is 6.10 Å². The van der Waals surface area contributed by atoms with Gasteiger partial charge in [0, 0.05) is 23.1 Å². The zero-order valence-corrected chi connectivity index (χ0v) is 14.1. The van der Waals surface area contributed by atoms with Crippen LogP contribution in [0.5, 0.6) is 0 Å². The Balaban J connectivity index is -0.000000231. The molecular weight excluding hydrogens is 342 g/mol. The first-order valence-electron chi connectivity index (χ1n) is 5.91. The second kappa shape index (κ2) is 20.4. The molecule has 2 atom stereocenters. The molecule has 0 aromatic carbocycles. The zero-order valence-electron chi connectivity index (χ0n) is 13.0. The van der Waals surface area contributed by atoms with Gasteiger partial charge in [0.05, 0.1) is 12.2 Å². The summed E-state index contributed by atoms with van der Waals surface area (Å²) in [5.74, 6) is -0.501. The minimum Gasteiger partial charge on any atom is 0 e. The fraction of sp³-hybridized carbons (Fsp3) is 0.375.